The van der Waals surface area contributed by atoms with Crippen LogP contribution in [0.1, 0.15) is 0 Å². The monoisotopic (exact) mass is 350 g/mol. The molecular weight excluding hydrogens is 338 g/mol. The van der Waals surface area contributed by atoms with Crippen molar-refractivity contribution in [1.82, 2.24) is 0 Å². The zero-order valence-electron chi connectivity index (χ0n) is 9.30. The Balaban J connectivity index is 2.34. The Morgan fingerprint density at radius 1 is 1.59 bits per heavy atom. The Morgan fingerprint density at radius 3 is 3.06 bits per heavy atom. The molecule has 4 nitrogen and oxygen atoms in total. The molecule has 0 saturated carbocycles. The maximum absolute atomic E-state index is 13.5. The number of amides is 1. The van der Waals surface area contributed by atoms with Crippen LogP contribution >= 0.6 is 22.6 Å². The molecule has 0 spiro atoms. The van der Waals surface area contributed by atoms with Crippen LogP contribution in [0.2, 0.25) is 0 Å². The summed E-state index contributed by atoms with van der Waals surface area (Å²) in [7, 11) is 1.60. The molecule has 1 amide bonds. The average Bonchev–Trinajstić information content (AvgIpc) is 2.28. The van der Waals surface area contributed by atoms with Crippen LogP contribution in [0.4, 0.5) is 15.8 Å². The molecule has 0 fully saturated rings. The molecule has 0 bridgehead atoms. The fraction of sp³-hybridized carbons (Fsp3) is 0.364. The van der Waals surface area contributed by atoms with E-state index in [-0.39, 0.29) is 18.3 Å². The van der Waals surface area contributed by atoms with Gasteiger partial charge in [-0.15, -0.1) is 0 Å². The molecule has 1 aliphatic heterocycles. The molecule has 1 aromatic carbocycles. The number of rotatable bonds is 3. The van der Waals surface area contributed by atoms with Gasteiger partial charge in [0.1, 0.15) is 5.82 Å². The quantitative estimate of drug-likeness (QED) is 0.846. The van der Waals surface area contributed by atoms with E-state index in [1.807, 2.05) is 27.5 Å². The Bertz CT molecular complexity index is 453. The van der Waals surface area contributed by atoms with Gasteiger partial charge >= 0.3 is 0 Å². The minimum atomic E-state index is -0.275. The van der Waals surface area contributed by atoms with Crippen LogP contribution in [0.3, 0.4) is 0 Å². The topological polar surface area (TPSA) is 41.6 Å². The third-order valence-electron chi connectivity index (χ3n) is 2.55. The normalized spacial score (nSPS) is 14.5. The highest BCUT2D eigenvalue weighted by molar-refractivity contribution is 14.1. The van der Waals surface area contributed by atoms with Crippen molar-refractivity contribution < 1.29 is 13.9 Å². The Labute approximate surface area is 112 Å². The lowest BCUT2D eigenvalue weighted by Gasteiger charge is -2.30. The smallest absolute Gasteiger partial charge is 0.243 e. The lowest BCUT2D eigenvalue weighted by molar-refractivity contribution is -0.115. The van der Waals surface area contributed by atoms with E-state index in [2.05, 4.69) is 5.32 Å². The molecule has 6 heteroatoms. The maximum atomic E-state index is 13.5. The van der Waals surface area contributed by atoms with Gasteiger partial charge in [0, 0.05) is 19.7 Å². The van der Waals surface area contributed by atoms with Crippen molar-refractivity contribution in [3.63, 3.8) is 0 Å². The van der Waals surface area contributed by atoms with E-state index in [0.717, 1.165) is 0 Å². The molecule has 0 aromatic heterocycles. The number of methoxy groups -OCH3 is 1. The fourth-order valence-corrected chi connectivity index (χ4v) is 2.21. The molecule has 1 aromatic rings. The first-order chi connectivity index (χ1) is 8.11. The van der Waals surface area contributed by atoms with E-state index >= 15 is 0 Å². The van der Waals surface area contributed by atoms with Gasteiger partial charge in [-0.1, -0.05) is 0 Å². The number of hydrogen-bond acceptors (Lipinski definition) is 3. The molecular formula is C11H12FIN2O2. The number of ether oxygens (including phenoxy) is 1. The lowest BCUT2D eigenvalue weighted by atomic mass is 10.2. The first kappa shape index (κ1) is 12.6. The molecule has 0 radical (unpaired) electrons. The number of benzene rings is 1. The number of hydrogen-bond donors (Lipinski definition) is 1. The highest BCUT2D eigenvalue weighted by atomic mass is 127. The van der Waals surface area contributed by atoms with E-state index in [1.165, 1.54) is 6.07 Å². The molecule has 0 unspecified atom stereocenters. The second kappa shape index (κ2) is 5.18. The lowest BCUT2D eigenvalue weighted by Crippen LogP contribution is -2.40. The van der Waals surface area contributed by atoms with Gasteiger partial charge in [0.05, 0.1) is 28.1 Å². The second-order valence-corrected chi connectivity index (χ2v) is 4.91. The summed E-state index contributed by atoms with van der Waals surface area (Å²) >= 11 is 1.90. The molecule has 1 N–H and O–H groups in total. The van der Waals surface area contributed by atoms with Crippen LogP contribution in [0, 0.1) is 9.39 Å². The third kappa shape index (κ3) is 2.68. The molecule has 1 aliphatic rings. The second-order valence-electron chi connectivity index (χ2n) is 3.75. The molecule has 2 rings (SSSR count). The average molecular weight is 350 g/mol. The molecule has 1 heterocycles. The highest BCUT2D eigenvalue weighted by Gasteiger charge is 2.23. The summed E-state index contributed by atoms with van der Waals surface area (Å²) in [6.45, 7) is 1.30. The van der Waals surface area contributed by atoms with Crippen LogP contribution in [0.15, 0.2) is 12.1 Å². The number of anilines is 2. The zero-order valence-corrected chi connectivity index (χ0v) is 11.5. The van der Waals surface area contributed by atoms with E-state index in [1.54, 1.807) is 13.2 Å². The molecule has 0 aliphatic carbocycles. The fourth-order valence-electron chi connectivity index (χ4n) is 1.75. The van der Waals surface area contributed by atoms with Gasteiger partial charge in [0.15, 0.2) is 0 Å². The van der Waals surface area contributed by atoms with Crippen molar-refractivity contribution >= 4 is 39.9 Å². The Kier molecular flexibility index (Phi) is 3.82. The standard InChI is InChI=1S/C11H12FIN2O2/c1-17-3-2-15-6-11(16)14-9-5-8(13)7(12)4-10(9)15/h4-5H,2-3,6H2,1H3,(H,14,16). The number of carbonyl (C=O) groups is 1. The summed E-state index contributed by atoms with van der Waals surface area (Å²) in [6, 6.07) is 3.09. The minimum Gasteiger partial charge on any atom is -0.383 e. The predicted octanol–water partition coefficient (Wildman–Crippen LogP) is 1.84. The zero-order chi connectivity index (χ0) is 12.4. The van der Waals surface area contributed by atoms with Gasteiger partial charge in [-0.05, 0) is 28.7 Å². The van der Waals surface area contributed by atoms with Gasteiger partial charge in [0.25, 0.3) is 0 Å². The van der Waals surface area contributed by atoms with Crippen LogP contribution in [0.25, 0.3) is 0 Å². The van der Waals surface area contributed by atoms with Gasteiger partial charge in [-0.2, -0.15) is 0 Å². The first-order valence-electron chi connectivity index (χ1n) is 5.14. The van der Waals surface area contributed by atoms with Crippen LogP contribution < -0.4 is 10.2 Å². The minimum absolute atomic E-state index is 0.0870. The Morgan fingerprint density at radius 2 is 2.35 bits per heavy atom. The van der Waals surface area contributed by atoms with Gasteiger partial charge < -0.3 is 15.0 Å². The largest absolute Gasteiger partial charge is 0.383 e. The number of nitrogens with zero attached hydrogens (tertiary/aromatic N) is 1. The number of halogens is 2. The summed E-state index contributed by atoms with van der Waals surface area (Å²) in [4.78, 5) is 13.3. The van der Waals surface area contributed by atoms with Crippen molar-refractivity contribution in [2.24, 2.45) is 0 Å². The van der Waals surface area contributed by atoms with Crippen LogP contribution in [-0.4, -0.2) is 32.7 Å². The third-order valence-corrected chi connectivity index (χ3v) is 3.38. The predicted molar refractivity (Wildman–Crippen MR) is 71.8 cm³/mol. The van der Waals surface area contributed by atoms with Crippen LogP contribution in [0.5, 0.6) is 0 Å². The van der Waals surface area contributed by atoms with E-state index in [4.69, 9.17) is 4.74 Å². The van der Waals surface area contributed by atoms with Gasteiger partial charge in [0.2, 0.25) is 5.91 Å². The number of nitrogens with one attached hydrogen (secondary N) is 1. The van der Waals surface area contributed by atoms with Gasteiger partial charge in [-0.25, -0.2) is 4.39 Å². The summed E-state index contributed by atoms with van der Waals surface area (Å²) < 4.78 is 19.0. The summed E-state index contributed by atoms with van der Waals surface area (Å²) in [6.07, 6.45) is 0. The van der Waals surface area contributed by atoms with E-state index in [0.29, 0.717) is 28.1 Å². The SMILES string of the molecule is COCCN1CC(=O)Nc2cc(I)c(F)cc21. The molecule has 92 valence electrons. The summed E-state index contributed by atoms with van der Waals surface area (Å²) in [5, 5.41) is 2.74. The highest BCUT2D eigenvalue weighted by Crippen LogP contribution is 2.32. The van der Waals surface area contributed by atoms with Crippen molar-refractivity contribution in [1.29, 1.82) is 0 Å². The van der Waals surface area contributed by atoms with Crippen molar-refractivity contribution in [2.45, 2.75) is 0 Å². The van der Waals surface area contributed by atoms with Crippen molar-refractivity contribution in [3.05, 3.63) is 21.5 Å². The van der Waals surface area contributed by atoms with Gasteiger partial charge in [-0.3, -0.25) is 4.79 Å². The number of carbonyl (C=O) groups excluding carboxylic acids is 1. The molecule has 0 saturated heterocycles. The summed E-state index contributed by atoms with van der Waals surface area (Å²) in [5.74, 6) is -0.362. The number of fused-ring (bicyclic) bond motifs is 1. The van der Waals surface area contributed by atoms with Crippen LogP contribution in [-0.2, 0) is 9.53 Å². The van der Waals surface area contributed by atoms with E-state index in [9.17, 15) is 9.18 Å². The van der Waals surface area contributed by atoms with E-state index < -0.39 is 0 Å². The maximum Gasteiger partial charge on any atom is 0.243 e. The summed E-state index contributed by atoms with van der Waals surface area (Å²) in [5.41, 5.74) is 1.36. The molecule has 0 atom stereocenters. The first-order valence-corrected chi connectivity index (χ1v) is 6.22. The van der Waals surface area contributed by atoms with Crippen molar-refractivity contribution in [2.75, 3.05) is 37.0 Å². The Hall–Kier alpha value is -0.890. The molecule has 17 heavy (non-hydrogen) atoms. The van der Waals surface area contributed by atoms with Crippen molar-refractivity contribution in [3.8, 4) is 0 Å².